The Morgan fingerprint density at radius 2 is 1.94 bits per heavy atom. The van der Waals surface area contributed by atoms with Crippen molar-refractivity contribution >= 4 is 0 Å². The second-order valence-electron chi connectivity index (χ2n) is 4.18. The van der Waals surface area contributed by atoms with Crippen LogP contribution in [0.2, 0.25) is 0 Å². The monoisotopic (exact) mass is 246 g/mol. The Balaban J connectivity index is 2.37. The number of aryl methyl sites for hydroxylation is 1. The van der Waals surface area contributed by atoms with Crippen molar-refractivity contribution < 1.29 is 14.2 Å². The topological polar surface area (TPSA) is 29.5 Å². The number of rotatable bonds is 3. The molecule has 0 saturated carbocycles. The van der Waals surface area contributed by atoms with Crippen molar-refractivity contribution in [2.75, 3.05) is 7.11 Å². The van der Waals surface area contributed by atoms with E-state index in [4.69, 9.17) is 4.74 Å². The molecule has 0 spiro atoms. The van der Waals surface area contributed by atoms with Gasteiger partial charge >= 0.3 is 0 Å². The highest BCUT2D eigenvalue weighted by atomic mass is 19.1. The van der Waals surface area contributed by atoms with Crippen LogP contribution in [0.4, 0.5) is 4.39 Å². The first kappa shape index (κ1) is 12.6. The quantitative estimate of drug-likeness (QED) is 0.901. The van der Waals surface area contributed by atoms with Crippen LogP contribution >= 0.6 is 0 Å². The smallest absolute Gasteiger partial charge is 0.123 e. The summed E-state index contributed by atoms with van der Waals surface area (Å²) in [6.07, 6.45) is -0.827. The van der Waals surface area contributed by atoms with Gasteiger partial charge in [-0.2, -0.15) is 0 Å². The maximum atomic E-state index is 13.1. The average molecular weight is 246 g/mol. The van der Waals surface area contributed by atoms with Gasteiger partial charge in [0.05, 0.1) is 7.11 Å². The van der Waals surface area contributed by atoms with E-state index in [-0.39, 0.29) is 5.82 Å². The molecule has 0 aliphatic rings. The molecule has 1 N–H and O–H groups in total. The molecule has 3 heteroatoms. The Labute approximate surface area is 106 Å². The highest BCUT2D eigenvalue weighted by Gasteiger charge is 2.13. The first-order valence-electron chi connectivity index (χ1n) is 5.70. The fourth-order valence-electron chi connectivity index (χ4n) is 1.94. The lowest BCUT2D eigenvalue weighted by Crippen LogP contribution is -2.02. The van der Waals surface area contributed by atoms with Crippen LogP contribution in [0.1, 0.15) is 22.8 Å². The average Bonchev–Trinajstić information content (AvgIpc) is 2.37. The minimum absolute atomic E-state index is 0.349. The number of methoxy groups -OCH3 is 1. The van der Waals surface area contributed by atoms with Crippen molar-refractivity contribution in [3.63, 3.8) is 0 Å². The molecule has 0 aromatic heterocycles. The van der Waals surface area contributed by atoms with Gasteiger partial charge in [-0.3, -0.25) is 0 Å². The molecule has 0 bridgehead atoms. The zero-order valence-electron chi connectivity index (χ0n) is 10.4. The number of halogens is 1. The van der Waals surface area contributed by atoms with Crippen molar-refractivity contribution in [1.82, 2.24) is 0 Å². The number of benzene rings is 2. The van der Waals surface area contributed by atoms with Gasteiger partial charge in [0, 0.05) is 0 Å². The Hall–Kier alpha value is -1.87. The molecule has 0 radical (unpaired) electrons. The molecular weight excluding hydrogens is 231 g/mol. The van der Waals surface area contributed by atoms with Crippen molar-refractivity contribution in [1.29, 1.82) is 0 Å². The molecule has 2 rings (SSSR count). The van der Waals surface area contributed by atoms with Gasteiger partial charge in [0.15, 0.2) is 0 Å². The van der Waals surface area contributed by atoms with Gasteiger partial charge in [0.1, 0.15) is 17.7 Å². The molecule has 0 amide bonds. The third kappa shape index (κ3) is 2.51. The molecule has 0 aliphatic heterocycles. The first-order valence-corrected chi connectivity index (χ1v) is 5.70. The molecule has 2 aromatic rings. The number of ether oxygens (including phenoxy) is 1. The zero-order valence-corrected chi connectivity index (χ0v) is 10.4. The van der Waals surface area contributed by atoms with E-state index in [9.17, 15) is 9.50 Å². The molecule has 18 heavy (non-hydrogen) atoms. The summed E-state index contributed by atoms with van der Waals surface area (Å²) in [6.45, 7) is 1.89. The Kier molecular flexibility index (Phi) is 3.63. The van der Waals surface area contributed by atoms with Crippen LogP contribution in [0, 0.1) is 12.7 Å². The molecule has 94 valence electrons. The van der Waals surface area contributed by atoms with Crippen LogP contribution in [0.5, 0.6) is 5.75 Å². The summed E-state index contributed by atoms with van der Waals surface area (Å²) in [5.41, 5.74) is 2.20. The maximum absolute atomic E-state index is 13.1. The SMILES string of the molecule is COc1ccc(C(O)c2cccc(F)c2)c(C)c1. The molecular formula is C15H15FO2. The summed E-state index contributed by atoms with van der Waals surface area (Å²) in [7, 11) is 1.59. The number of aliphatic hydroxyl groups is 1. The van der Waals surface area contributed by atoms with E-state index in [1.54, 1.807) is 31.4 Å². The molecule has 2 aromatic carbocycles. The highest BCUT2D eigenvalue weighted by molar-refractivity contribution is 5.40. The van der Waals surface area contributed by atoms with Gasteiger partial charge in [0.2, 0.25) is 0 Å². The van der Waals surface area contributed by atoms with Crippen molar-refractivity contribution in [2.24, 2.45) is 0 Å². The van der Waals surface area contributed by atoms with E-state index >= 15 is 0 Å². The van der Waals surface area contributed by atoms with E-state index in [2.05, 4.69) is 0 Å². The maximum Gasteiger partial charge on any atom is 0.123 e. The summed E-state index contributed by atoms with van der Waals surface area (Å²) < 4.78 is 18.2. The Bertz CT molecular complexity index is 552. The van der Waals surface area contributed by atoms with Gasteiger partial charge in [-0.25, -0.2) is 4.39 Å². The summed E-state index contributed by atoms with van der Waals surface area (Å²) in [5, 5.41) is 10.3. The lowest BCUT2D eigenvalue weighted by atomic mass is 9.97. The van der Waals surface area contributed by atoms with E-state index in [0.29, 0.717) is 5.56 Å². The molecule has 0 aliphatic carbocycles. The first-order chi connectivity index (χ1) is 8.61. The third-order valence-corrected chi connectivity index (χ3v) is 2.94. The van der Waals surface area contributed by atoms with Gasteiger partial charge in [-0.05, 0) is 47.9 Å². The predicted octanol–water partition coefficient (Wildman–Crippen LogP) is 3.22. The molecule has 2 nitrogen and oxygen atoms in total. The van der Waals surface area contributed by atoms with Crippen LogP contribution in [0.25, 0.3) is 0 Å². The largest absolute Gasteiger partial charge is 0.497 e. The lowest BCUT2D eigenvalue weighted by Gasteiger charge is -2.15. The second kappa shape index (κ2) is 5.19. The van der Waals surface area contributed by atoms with Crippen LogP contribution in [0.15, 0.2) is 42.5 Å². The van der Waals surface area contributed by atoms with E-state index in [1.807, 2.05) is 13.0 Å². The van der Waals surface area contributed by atoms with Gasteiger partial charge in [0.25, 0.3) is 0 Å². The van der Waals surface area contributed by atoms with Crippen LogP contribution in [-0.4, -0.2) is 12.2 Å². The van der Waals surface area contributed by atoms with E-state index in [1.165, 1.54) is 12.1 Å². The Morgan fingerprint density at radius 1 is 1.17 bits per heavy atom. The van der Waals surface area contributed by atoms with Crippen molar-refractivity contribution in [3.8, 4) is 5.75 Å². The number of hydrogen-bond acceptors (Lipinski definition) is 2. The van der Waals surface area contributed by atoms with Gasteiger partial charge < -0.3 is 9.84 Å². The van der Waals surface area contributed by atoms with Gasteiger partial charge in [-0.1, -0.05) is 18.2 Å². The highest BCUT2D eigenvalue weighted by Crippen LogP contribution is 2.27. The fourth-order valence-corrected chi connectivity index (χ4v) is 1.94. The lowest BCUT2D eigenvalue weighted by molar-refractivity contribution is 0.219. The standard InChI is InChI=1S/C15H15FO2/c1-10-8-13(18-2)6-7-14(10)15(17)11-4-3-5-12(16)9-11/h3-9,15,17H,1-2H3. The zero-order chi connectivity index (χ0) is 13.1. The molecule has 0 heterocycles. The van der Waals surface area contributed by atoms with E-state index in [0.717, 1.165) is 16.9 Å². The summed E-state index contributed by atoms with van der Waals surface area (Å²) in [4.78, 5) is 0. The number of hydrogen-bond donors (Lipinski definition) is 1. The predicted molar refractivity (Wildman–Crippen MR) is 68.2 cm³/mol. The summed E-state index contributed by atoms with van der Waals surface area (Å²) in [5.74, 6) is 0.389. The molecule has 0 saturated heterocycles. The fraction of sp³-hybridized carbons (Fsp3) is 0.200. The van der Waals surface area contributed by atoms with Crippen LogP contribution < -0.4 is 4.74 Å². The summed E-state index contributed by atoms with van der Waals surface area (Å²) >= 11 is 0. The minimum atomic E-state index is -0.827. The second-order valence-corrected chi connectivity index (χ2v) is 4.18. The van der Waals surface area contributed by atoms with Crippen molar-refractivity contribution in [2.45, 2.75) is 13.0 Å². The summed E-state index contributed by atoms with van der Waals surface area (Å²) in [6, 6.07) is 11.4. The molecule has 1 unspecified atom stereocenters. The molecule has 1 atom stereocenters. The normalized spacial score (nSPS) is 12.2. The molecule has 0 fully saturated rings. The van der Waals surface area contributed by atoms with E-state index < -0.39 is 6.10 Å². The van der Waals surface area contributed by atoms with Crippen molar-refractivity contribution in [3.05, 3.63) is 65.0 Å². The van der Waals surface area contributed by atoms with Gasteiger partial charge in [-0.15, -0.1) is 0 Å². The van der Waals surface area contributed by atoms with Crippen LogP contribution in [-0.2, 0) is 0 Å². The minimum Gasteiger partial charge on any atom is -0.497 e. The third-order valence-electron chi connectivity index (χ3n) is 2.94. The Morgan fingerprint density at radius 3 is 2.56 bits per heavy atom. The van der Waals surface area contributed by atoms with Crippen LogP contribution in [0.3, 0.4) is 0 Å². The number of aliphatic hydroxyl groups excluding tert-OH is 1.